The van der Waals surface area contributed by atoms with Crippen molar-refractivity contribution in [2.45, 2.75) is 12.1 Å². The van der Waals surface area contributed by atoms with Crippen molar-refractivity contribution in [1.82, 2.24) is 10.2 Å². The zero-order chi connectivity index (χ0) is 9.64. The lowest BCUT2D eigenvalue weighted by Crippen LogP contribution is -2.35. The van der Waals surface area contributed by atoms with E-state index in [2.05, 4.69) is 5.32 Å². The van der Waals surface area contributed by atoms with Crippen molar-refractivity contribution in [3.8, 4) is 0 Å². The van der Waals surface area contributed by atoms with Crippen LogP contribution in [-0.2, 0) is 14.6 Å². The Hall–Kier alpha value is -0.690. The summed E-state index contributed by atoms with van der Waals surface area (Å²) in [6, 6.07) is -0.502. The Morgan fingerprint density at radius 2 is 2.23 bits per heavy atom. The number of amides is 1. The highest BCUT2D eigenvalue weighted by molar-refractivity contribution is 7.91. The number of sulfone groups is 1. The second kappa shape index (κ2) is 2.65. The fraction of sp³-hybridized carbons (Fsp3) is 0.667. The molecule has 7 heteroatoms. The van der Waals surface area contributed by atoms with Crippen LogP contribution in [-0.4, -0.2) is 48.4 Å². The van der Waals surface area contributed by atoms with Crippen LogP contribution in [0.4, 0.5) is 0 Å². The number of nitrogens with zero attached hydrogens (tertiary/aromatic N) is 1. The lowest BCUT2D eigenvalue weighted by atomic mass is 10.2. The van der Waals surface area contributed by atoms with Gasteiger partial charge in [-0.25, -0.2) is 8.42 Å². The zero-order valence-corrected chi connectivity index (χ0v) is 8.27. The fourth-order valence-corrected chi connectivity index (χ4v) is 3.98. The molecular formula is C6H8N2O3S2. The van der Waals surface area contributed by atoms with Gasteiger partial charge in [-0.05, 0) is 12.2 Å². The summed E-state index contributed by atoms with van der Waals surface area (Å²) in [6.45, 7) is 0. The Kier molecular flexibility index (Phi) is 1.81. The van der Waals surface area contributed by atoms with Crippen molar-refractivity contribution in [2.75, 3.05) is 11.5 Å². The van der Waals surface area contributed by atoms with Crippen LogP contribution in [0.3, 0.4) is 0 Å². The van der Waals surface area contributed by atoms with E-state index in [9.17, 15) is 13.2 Å². The fourth-order valence-electron chi connectivity index (χ4n) is 1.75. The summed E-state index contributed by atoms with van der Waals surface area (Å²) in [6.07, 6.45) is 0.584. The predicted octanol–water partition coefficient (Wildman–Crippen LogP) is -1.50. The minimum atomic E-state index is -2.99. The number of thiocarbonyl (C=S) groups is 1. The number of hydrogen-bond donors (Lipinski definition) is 1. The van der Waals surface area contributed by atoms with E-state index in [0.717, 1.165) is 0 Å². The minimum absolute atomic E-state index is 0.0174. The molecular weight excluding hydrogens is 212 g/mol. The largest absolute Gasteiger partial charge is 0.356 e. The SMILES string of the molecule is O=CN1C(=S)N[C@@H]2CS(=O)(=O)C[C@H]21. The average Bonchev–Trinajstić information content (AvgIpc) is 2.39. The minimum Gasteiger partial charge on any atom is -0.356 e. The normalized spacial score (nSPS) is 35.7. The molecule has 0 bridgehead atoms. The van der Waals surface area contributed by atoms with Gasteiger partial charge in [-0.15, -0.1) is 0 Å². The highest BCUT2D eigenvalue weighted by atomic mass is 32.2. The monoisotopic (exact) mass is 220 g/mol. The molecule has 0 aromatic carbocycles. The topological polar surface area (TPSA) is 66.5 Å². The van der Waals surface area contributed by atoms with Crippen LogP contribution >= 0.6 is 12.2 Å². The second-order valence-electron chi connectivity index (χ2n) is 3.21. The van der Waals surface area contributed by atoms with Crippen LogP contribution in [0.15, 0.2) is 0 Å². The summed E-state index contributed by atoms with van der Waals surface area (Å²) in [7, 11) is -2.99. The van der Waals surface area contributed by atoms with E-state index >= 15 is 0 Å². The maximum Gasteiger partial charge on any atom is 0.216 e. The van der Waals surface area contributed by atoms with Gasteiger partial charge in [0.15, 0.2) is 14.9 Å². The molecule has 0 aliphatic carbocycles. The first-order chi connectivity index (χ1) is 6.03. The van der Waals surface area contributed by atoms with Crippen molar-refractivity contribution < 1.29 is 13.2 Å². The summed E-state index contributed by atoms with van der Waals surface area (Å²) in [5.41, 5.74) is 0. The highest BCUT2D eigenvalue weighted by Crippen LogP contribution is 2.22. The molecule has 2 fully saturated rings. The third kappa shape index (κ3) is 1.31. The van der Waals surface area contributed by atoms with Gasteiger partial charge in [0, 0.05) is 0 Å². The second-order valence-corrected chi connectivity index (χ2v) is 5.75. The summed E-state index contributed by atoms with van der Waals surface area (Å²) >= 11 is 4.86. The summed E-state index contributed by atoms with van der Waals surface area (Å²) in [4.78, 5) is 11.9. The van der Waals surface area contributed by atoms with Crippen molar-refractivity contribution in [2.24, 2.45) is 0 Å². The number of nitrogens with one attached hydrogen (secondary N) is 1. The molecule has 2 rings (SSSR count). The van der Waals surface area contributed by atoms with Crippen LogP contribution in [0, 0.1) is 0 Å². The van der Waals surface area contributed by atoms with E-state index in [4.69, 9.17) is 12.2 Å². The van der Waals surface area contributed by atoms with Crippen molar-refractivity contribution in [3.63, 3.8) is 0 Å². The van der Waals surface area contributed by atoms with Crippen LogP contribution < -0.4 is 5.32 Å². The summed E-state index contributed by atoms with van der Waals surface area (Å²) < 4.78 is 22.4. The van der Waals surface area contributed by atoms with Crippen LogP contribution in [0.5, 0.6) is 0 Å². The third-order valence-electron chi connectivity index (χ3n) is 2.34. The summed E-state index contributed by atoms with van der Waals surface area (Å²) in [5.74, 6) is 0.0890. The molecule has 2 aliphatic heterocycles. The highest BCUT2D eigenvalue weighted by Gasteiger charge is 2.47. The molecule has 1 amide bonds. The van der Waals surface area contributed by atoms with Gasteiger partial charge in [0.05, 0.1) is 23.6 Å². The maximum atomic E-state index is 11.2. The van der Waals surface area contributed by atoms with Gasteiger partial charge in [0.2, 0.25) is 6.41 Å². The van der Waals surface area contributed by atoms with E-state index in [1.807, 2.05) is 0 Å². The van der Waals surface area contributed by atoms with Gasteiger partial charge in [0.25, 0.3) is 0 Å². The molecule has 13 heavy (non-hydrogen) atoms. The number of carbonyl (C=O) groups is 1. The maximum absolute atomic E-state index is 11.2. The molecule has 5 nitrogen and oxygen atoms in total. The van der Waals surface area contributed by atoms with Crippen LogP contribution in [0.25, 0.3) is 0 Å². The number of hydrogen-bond acceptors (Lipinski definition) is 4. The Bertz CT molecular complexity index is 364. The molecule has 2 saturated heterocycles. The average molecular weight is 220 g/mol. The molecule has 0 radical (unpaired) electrons. The molecule has 1 N–H and O–H groups in total. The summed E-state index contributed by atoms with van der Waals surface area (Å²) in [5, 5.41) is 3.15. The van der Waals surface area contributed by atoms with Crippen molar-refractivity contribution in [3.05, 3.63) is 0 Å². The van der Waals surface area contributed by atoms with Crippen LogP contribution in [0.1, 0.15) is 0 Å². The molecule has 2 heterocycles. The van der Waals surface area contributed by atoms with Gasteiger partial charge in [-0.3, -0.25) is 9.69 Å². The zero-order valence-electron chi connectivity index (χ0n) is 6.63. The van der Waals surface area contributed by atoms with Gasteiger partial charge in [-0.1, -0.05) is 0 Å². The van der Waals surface area contributed by atoms with Gasteiger partial charge < -0.3 is 5.32 Å². The van der Waals surface area contributed by atoms with E-state index in [1.165, 1.54) is 4.90 Å². The Balaban J connectivity index is 2.29. The van der Waals surface area contributed by atoms with Gasteiger partial charge >= 0.3 is 0 Å². The van der Waals surface area contributed by atoms with Gasteiger partial charge in [-0.2, -0.15) is 0 Å². The lowest BCUT2D eigenvalue weighted by molar-refractivity contribution is -0.115. The van der Waals surface area contributed by atoms with E-state index in [-0.39, 0.29) is 23.6 Å². The number of rotatable bonds is 1. The molecule has 0 aromatic heterocycles. The Morgan fingerprint density at radius 3 is 2.85 bits per heavy atom. The predicted molar refractivity (Wildman–Crippen MR) is 49.9 cm³/mol. The van der Waals surface area contributed by atoms with Crippen molar-refractivity contribution >= 4 is 33.6 Å². The smallest absolute Gasteiger partial charge is 0.216 e. The first-order valence-corrected chi connectivity index (χ1v) is 6.01. The molecule has 0 spiro atoms. The Labute approximate surface area is 81.0 Å². The van der Waals surface area contributed by atoms with Crippen LogP contribution in [0.2, 0.25) is 0 Å². The Morgan fingerprint density at radius 1 is 1.54 bits per heavy atom. The first-order valence-electron chi connectivity index (χ1n) is 3.78. The molecule has 0 aromatic rings. The van der Waals surface area contributed by atoms with E-state index in [1.54, 1.807) is 0 Å². The molecule has 72 valence electrons. The molecule has 0 unspecified atom stereocenters. The van der Waals surface area contributed by atoms with E-state index in [0.29, 0.717) is 11.5 Å². The first kappa shape index (κ1) is 8.89. The molecule has 2 aliphatic rings. The van der Waals surface area contributed by atoms with Gasteiger partial charge in [0.1, 0.15) is 0 Å². The lowest BCUT2D eigenvalue weighted by Gasteiger charge is -2.13. The van der Waals surface area contributed by atoms with E-state index < -0.39 is 9.84 Å². The number of carbonyl (C=O) groups excluding carboxylic acids is 1. The third-order valence-corrected chi connectivity index (χ3v) is 4.38. The number of fused-ring (bicyclic) bond motifs is 1. The van der Waals surface area contributed by atoms with Crippen molar-refractivity contribution in [1.29, 1.82) is 0 Å². The quantitative estimate of drug-likeness (QED) is 0.430. The molecule has 0 saturated carbocycles. The standard InChI is InChI=1S/C6H8N2O3S2/c9-3-8-5-2-13(10,11)1-4(5)7-6(8)12/h3-5H,1-2H2,(H,7,12)/t4-,5-/m1/s1. The molecule has 2 atom stereocenters.